The Bertz CT molecular complexity index is 792. The minimum Gasteiger partial charge on any atom is -0.361 e. The molecule has 27 heavy (non-hydrogen) atoms. The van der Waals surface area contributed by atoms with Crippen molar-refractivity contribution in [2.75, 3.05) is 26.2 Å². The molecule has 0 bridgehead atoms. The van der Waals surface area contributed by atoms with E-state index in [4.69, 9.17) is 9.05 Å². The molecule has 2 aromatic heterocycles. The van der Waals surface area contributed by atoms with Gasteiger partial charge >= 0.3 is 0 Å². The molecule has 0 radical (unpaired) electrons. The zero-order valence-corrected chi connectivity index (χ0v) is 16.4. The fourth-order valence-corrected chi connectivity index (χ4v) is 4.50. The van der Waals surface area contributed by atoms with Crippen LogP contribution in [0.4, 0.5) is 0 Å². The first-order chi connectivity index (χ1) is 13.0. The number of carbonyl (C=O) groups excluding carboxylic acids is 1. The van der Waals surface area contributed by atoms with Crippen LogP contribution in [-0.2, 0) is 6.42 Å². The molecule has 1 unspecified atom stereocenters. The zero-order valence-electron chi connectivity index (χ0n) is 16.4. The Hall–Kier alpha value is -2.15. The first-order valence-corrected chi connectivity index (χ1v) is 9.91. The maximum absolute atomic E-state index is 13.1. The molecule has 7 heteroatoms. The highest BCUT2D eigenvalue weighted by Crippen LogP contribution is 2.30. The quantitative estimate of drug-likeness (QED) is 0.888. The van der Waals surface area contributed by atoms with Crippen molar-refractivity contribution in [2.45, 2.75) is 46.5 Å². The smallest absolute Gasteiger partial charge is 0.276 e. The summed E-state index contributed by atoms with van der Waals surface area (Å²) in [4.78, 5) is 15.0. The molecule has 146 valence electrons. The lowest BCUT2D eigenvalue weighted by atomic mass is 9.83. The van der Waals surface area contributed by atoms with E-state index in [1.165, 1.54) is 6.42 Å². The fraction of sp³-hybridized carbons (Fsp3) is 0.650. The van der Waals surface area contributed by atoms with Gasteiger partial charge in [0.1, 0.15) is 11.5 Å². The molecule has 1 amide bonds. The Morgan fingerprint density at radius 3 is 2.37 bits per heavy atom. The van der Waals surface area contributed by atoms with Gasteiger partial charge in [-0.25, -0.2) is 0 Å². The van der Waals surface area contributed by atoms with Crippen LogP contribution in [0.3, 0.4) is 0 Å². The Balaban J connectivity index is 1.47. The third-order valence-electron chi connectivity index (χ3n) is 6.31. The third kappa shape index (κ3) is 3.52. The predicted molar refractivity (Wildman–Crippen MR) is 99.6 cm³/mol. The summed E-state index contributed by atoms with van der Waals surface area (Å²) in [5.41, 5.74) is 3.13. The molecule has 0 aliphatic carbocycles. The van der Waals surface area contributed by atoms with E-state index < -0.39 is 0 Å². The minimum absolute atomic E-state index is 0.0170. The van der Waals surface area contributed by atoms with E-state index in [-0.39, 0.29) is 5.91 Å². The summed E-state index contributed by atoms with van der Waals surface area (Å²) in [5.74, 6) is 2.94. The third-order valence-corrected chi connectivity index (χ3v) is 6.31. The van der Waals surface area contributed by atoms with Crippen LogP contribution in [0.25, 0.3) is 0 Å². The summed E-state index contributed by atoms with van der Waals surface area (Å²) >= 11 is 0. The van der Waals surface area contributed by atoms with Crippen molar-refractivity contribution in [2.24, 2.45) is 11.8 Å². The number of carbonyl (C=O) groups is 1. The Morgan fingerprint density at radius 1 is 1.04 bits per heavy atom. The SMILES string of the molecule is Cc1noc(C)c1Cc1c(C(=O)N2CCC(C3CCNC3)CC2)noc1C. The van der Waals surface area contributed by atoms with Crippen molar-refractivity contribution in [1.29, 1.82) is 0 Å². The Labute approximate surface area is 159 Å². The molecule has 7 nitrogen and oxygen atoms in total. The fourth-order valence-electron chi connectivity index (χ4n) is 4.50. The molecule has 0 aromatic carbocycles. The average molecular weight is 372 g/mol. The van der Waals surface area contributed by atoms with Crippen molar-refractivity contribution in [1.82, 2.24) is 20.5 Å². The van der Waals surface area contributed by atoms with Crippen molar-refractivity contribution in [3.63, 3.8) is 0 Å². The van der Waals surface area contributed by atoms with Gasteiger partial charge in [-0.1, -0.05) is 10.3 Å². The van der Waals surface area contributed by atoms with Crippen molar-refractivity contribution < 1.29 is 13.8 Å². The normalized spacial score (nSPS) is 21.1. The molecule has 2 fully saturated rings. The average Bonchev–Trinajstić information content (AvgIpc) is 3.40. The highest BCUT2D eigenvalue weighted by molar-refractivity contribution is 5.94. The Kier molecular flexibility index (Phi) is 5.04. The molecule has 0 saturated carbocycles. The maximum Gasteiger partial charge on any atom is 0.276 e. The lowest BCUT2D eigenvalue weighted by Crippen LogP contribution is -2.40. The number of aromatic nitrogens is 2. The zero-order chi connectivity index (χ0) is 19.0. The van der Waals surface area contributed by atoms with E-state index in [9.17, 15) is 4.79 Å². The van der Waals surface area contributed by atoms with E-state index in [1.54, 1.807) is 0 Å². The molecule has 4 heterocycles. The van der Waals surface area contributed by atoms with Crippen LogP contribution >= 0.6 is 0 Å². The summed E-state index contributed by atoms with van der Waals surface area (Å²) in [6.07, 6.45) is 3.98. The van der Waals surface area contributed by atoms with Crippen LogP contribution in [-0.4, -0.2) is 47.3 Å². The lowest BCUT2D eigenvalue weighted by Gasteiger charge is -2.34. The summed E-state index contributed by atoms with van der Waals surface area (Å²) < 4.78 is 10.6. The minimum atomic E-state index is -0.0170. The van der Waals surface area contributed by atoms with Crippen LogP contribution < -0.4 is 5.32 Å². The predicted octanol–water partition coefficient (Wildman–Crippen LogP) is 2.64. The topological polar surface area (TPSA) is 84.4 Å². The number of piperidine rings is 1. The van der Waals surface area contributed by atoms with Gasteiger partial charge in [0.05, 0.1) is 5.69 Å². The summed E-state index contributed by atoms with van der Waals surface area (Å²) in [6, 6.07) is 0. The van der Waals surface area contributed by atoms with Crippen LogP contribution in [0.15, 0.2) is 9.05 Å². The highest BCUT2D eigenvalue weighted by Gasteiger charge is 2.32. The first kappa shape index (κ1) is 18.2. The molecule has 2 aliphatic rings. The van der Waals surface area contributed by atoms with E-state index in [0.717, 1.165) is 73.4 Å². The Morgan fingerprint density at radius 2 is 1.74 bits per heavy atom. The number of rotatable bonds is 4. The van der Waals surface area contributed by atoms with Crippen molar-refractivity contribution >= 4 is 5.91 Å². The van der Waals surface area contributed by atoms with Crippen molar-refractivity contribution in [3.05, 3.63) is 34.0 Å². The van der Waals surface area contributed by atoms with Crippen LogP contribution in [0.1, 0.15) is 58.1 Å². The first-order valence-electron chi connectivity index (χ1n) is 9.91. The van der Waals surface area contributed by atoms with Crippen LogP contribution in [0.2, 0.25) is 0 Å². The van der Waals surface area contributed by atoms with Gasteiger partial charge in [-0.3, -0.25) is 4.79 Å². The second-order valence-corrected chi connectivity index (χ2v) is 7.93. The van der Waals surface area contributed by atoms with E-state index >= 15 is 0 Å². The number of nitrogens with one attached hydrogen (secondary N) is 1. The number of hydrogen-bond acceptors (Lipinski definition) is 6. The molecular formula is C20H28N4O3. The molecule has 4 rings (SSSR count). The number of amides is 1. The molecule has 2 aliphatic heterocycles. The van der Waals surface area contributed by atoms with Gasteiger partial charge in [0, 0.05) is 30.6 Å². The van der Waals surface area contributed by atoms with Crippen LogP contribution in [0.5, 0.6) is 0 Å². The molecule has 1 atom stereocenters. The van der Waals surface area contributed by atoms with Gasteiger partial charge in [0.25, 0.3) is 5.91 Å². The molecule has 1 N–H and O–H groups in total. The summed E-state index contributed by atoms with van der Waals surface area (Å²) in [7, 11) is 0. The second-order valence-electron chi connectivity index (χ2n) is 7.93. The number of aryl methyl sites for hydroxylation is 3. The standard InChI is InChI=1S/C20H28N4O3/c1-12-17(13(2)26-22-12)10-18-14(3)27-23-19(18)20(25)24-8-5-15(6-9-24)16-4-7-21-11-16/h15-16,21H,4-11H2,1-3H3. The van der Waals surface area contributed by atoms with E-state index in [2.05, 4.69) is 15.6 Å². The largest absolute Gasteiger partial charge is 0.361 e. The van der Waals surface area contributed by atoms with Crippen molar-refractivity contribution in [3.8, 4) is 0 Å². The highest BCUT2D eigenvalue weighted by atomic mass is 16.5. The second kappa shape index (κ2) is 7.46. The van der Waals surface area contributed by atoms with E-state index in [1.807, 2.05) is 25.7 Å². The maximum atomic E-state index is 13.1. The molecule has 2 aromatic rings. The summed E-state index contributed by atoms with van der Waals surface area (Å²) in [6.45, 7) is 9.53. The number of likely N-dealkylation sites (tertiary alicyclic amines) is 1. The van der Waals surface area contributed by atoms with Gasteiger partial charge in [0.2, 0.25) is 0 Å². The van der Waals surface area contributed by atoms with Crippen LogP contribution in [0, 0.1) is 32.6 Å². The molecule has 2 saturated heterocycles. The number of nitrogens with zero attached hydrogens (tertiary/aromatic N) is 3. The van der Waals surface area contributed by atoms with Gasteiger partial charge in [-0.2, -0.15) is 0 Å². The lowest BCUT2D eigenvalue weighted by molar-refractivity contribution is 0.0652. The van der Waals surface area contributed by atoms with Gasteiger partial charge < -0.3 is 19.3 Å². The van der Waals surface area contributed by atoms with Gasteiger partial charge in [0.15, 0.2) is 5.69 Å². The van der Waals surface area contributed by atoms with Gasteiger partial charge in [-0.15, -0.1) is 0 Å². The molecule has 0 spiro atoms. The summed E-state index contributed by atoms with van der Waals surface area (Å²) in [5, 5.41) is 11.6. The van der Waals surface area contributed by atoms with Gasteiger partial charge in [-0.05, 0) is 65.0 Å². The molecular weight excluding hydrogens is 344 g/mol. The monoisotopic (exact) mass is 372 g/mol. The van der Waals surface area contributed by atoms with E-state index in [0.29, 0.717) is 17.9 Å². The number of hydrogen-bond donors (Lipinski definition) is 1.